The predicted molar refractivity (Wildman–Crippen MR) is 51.3 cm³/mol. The third kappa shape index (κ3) is 17.6. The summed E-state index contributed by atoms with van der Waals surface area (Å²) in [6, 6.07) is 0. The van der Waals surface area contributed by atoms with Crippen LogP contribution in [-0.2, 0) is 18.1 Å². The van der Waals surface area contributed by atoms with Crippen molar-refractivity contribution >= 4 is 15.5 Å². The van der Waals surface area contributed by atoms with Crippen LogP contribution < -0.4 is 5.11 Å². The third-order valence-electron chi connectivity index (χ3n) is 0.787. The summed E-state index contributed by atoms with van der Waals surface area (Å²) in [5, 5.41) is 8.89. The van der Waals surface area contributed by atoms with Gasteiger partial charge in [0.25, 0.3) is 0 Å². The Morgan fingerprint density at radius 2 is 1.29 bits per heavy atom. The smallest absolute Gasteiger partial charge is 0.550 e. The lowest BCUT2D eigenvalue weighted by Crippen LogP contribution is -2.27. The average Bonchev–Trinajstić information content (AvgIpc) is 2.04. The fourth-order valence-corrected chi connectivity index (χ4v) is 1.44. The molecular formula is C8H18O5Si. The van der Waals surface area contributed by atoms with Gasteiger partial charge in [-0.15, -0.1) is 0 Å². The first-order valence-electron chi connectivity index (χ1n) is 4.51. The molecule has 0 aliphatic heterocycles. The Balaban J connectivity index is 0. The van der Waals surface area contributed by atoms with E-state index in [4.69, 9.17) is 23.2 Å². The Hall–Kier alpha value is -0.433. The van der Waals surface area contributed by atoms with Crippen molar-refractivity contribution < 1.29 is 23.2 Å². The van der Waals surface area contributed by atoms with Crippen LogP contribution in [0.25, 0.3) is 0 Å². The molecule has 0 amide bonds. The number of carboxylic acids is 1. The number of rotatable bonds is 6. The predicted octanol–water partition coefficient (Wildman–Crippen LogP) is -0.163. The van der Waals surface area contributed by atoms with E-state index in [0.717, 1.165) is 6.92 Å². The Labute approximate surface area is 86.9 Å². The number of hydrogen-bond acceptors (Lipinski definition) is 5. The van der Waals surface area contributed by atoms with E-state index in [1.165, 1.54) is 0 Å². The Bertz CT molecular complexity index is 113. The molecule has 0 aromatic carbocycles. The first kappa shape index (κ1) is 16.0. The molecule has 0 unspecified atom stereocenters. The van der Waals surface area contributed by atoms with Gasteiger partial charge < -0.3 is 9.90 Å². The van der Waals surface area contributed by atoms with Crippen molar-refractivity contribution in [2.45, 2.75) is 27.7 Å². The maximum atomic E-state index is 8.89. The molecule has 0 rings (SSSR count). The Morgan fingerprint density at radius 1 is 1.07 bits per heavy atom. The van der Waals surface area contributed by atoms with Gasteiger partial charge in [0.2, 0.25) is 0 Å². The van der Waals surface area contributed by atoms with Crippen LogP contribution in [0.5, 0.6) is 0 Å². The molecule has 0 fully saturated rings. The van der Waals surface area contributed by atoms with Crippen molar-refractivity contribution in [3.8, 4) is 0 Å². The van der Waals surface area contributed by atoms with Gasteiger partial charge in [-0.3, -0.25) is 0 Å². The molecule has 0 N–H and O–H groups in total. The summed E-state index contributed by atoms with van der Waals surface area (Å²) < 4.78 is 15.5. The van der Waals surface area contributed by atoms with Crippen LogP contribution >= 0.6 is 0 Å². The summed E-state index contributed by atoms with van der Waals surface area (Å²) in [6.45, 7) is 8.75. The maximum absolute atomic E-state index is 8.89. The zero-order valence-corrected chi connectivity index (χ0v) is 10.2. The summed E-state index contributed by atoms with van der Waals surface area (Å²) >= 11 is 0. The molecule has 0 atom stereocenters. The van der Waals surface area contributed by atoms with Crippen molar-refractivity contribution in [2.75, 3.05) is 19.8 Å². The minimum absolute atomic E-state index is 0.661. The molecule has 6 heteroatoms. The topological polar surface area (TPSA) is 67.8 Å². The second-order valence-electron chi connectivity index (χ2n) is 2.04. The number of hydrogen-bond donors (Lipinski definition) is 0. The van der Waals surface area contributed by atoms with Crippen LogP contribution in [0, 0.1) is 0 Å². The van der Waals surface area contributed by atoms with Gasteiger partial charge in [-0.2, -0.15) is 13.3 Å². The van der Waals surface area contributed by atoms with Gasteiger partial charge in [0, 0.05) is 5.97 Å². The molecule has 0 saturated carbocycles. The molecule has 0 saturated heterocycles. The highest BCUT2D eigenvalue weighted by atomic mass is 28.3. The number of carbonyl (C=O) groups excluding carboxylic acids is 1. The highest BCUT2D eigenvalue weighted by Gasteiger charge is 2.35. The average molecular weight is 222 g/mol. The van der Waals surface area contributed by atoms with Gasteiger partial charge in [0.15, 0.2) is 0 Å². The lowest BCUT2D eigenvalue weighted by atomic mass is 10.9. The quantitative estimate of drug-likeness (QED) is 0.584. The maximum Gasteiger partial charge on any atom is 0.832 e. The number of carbonyl (C=O) groups is 1. The van der Waals surface area contributed by atoms with Crippen molar-refractivity contribution in [1.29, 1.82) is 0 Å². The van der Waals surface area contributed by atoms with Gasteiger partial charge in [-0.05, 0) is 27.7 Å². The molecule has 84 valence electrons. The van der Waals surface area contributed by atoms with Crippen LogP contribution in [0.2, 0.25) is 0 Å². The summed E-state index contributed by atoms with van der Waals surface area (Å²) in [5.74, 6) is -1.08. The van der Waals surface area contributed by atoms with E-state index in [1.54, 1.807) is 0 Å². The van der Waals surface area contributed by atoms with Crippen molar-refractivity contribution in [3.63, 3.8) is 0 Å². The van der Waals surface area contributed by atoms with E-state index in [0.29, 0.717) is 19.8 Å². The van der Waals surface area contributed by atoms with E-state index >= 15 is 0 Å². The molecule has 0 aliphatic carbocycles. The van der Waals surface area contributed by atoms with Crippen LogP contribution in [0.3, 0.4) is 0 Å². The molecule has 0 heterocycles. The third-order valence-corrected chi connectivity index (χ3v) is 2.36. The van der Waals surface area contributed by atoms with Crippen LogP contribution in [0.1, 0.15) is 27.7 Å². The highest BCUT2D eigenvalue weighted by Crippen LogP contribution is 1.90. The largest absolute Gasteiger partial charge is 0.832 e. The first-order valence-corrected chi connectivity index (χ1v) is 5.73. The summed E-state index contributed by atoms with van der Waals surface area (Å²) in [4.78, 5) is 8.89. The lowest BCUT2D eigenvalue weighted by Gasteiger charge is -1.94. The molecule has 0 aliphatic rings. The van der Waals surface area contributed by atoms with E-state index in [9.17, 15) is 0 Å². The van der Waals surface area contributed by atoms with Crippen molar-refractivity contribution in [2.24, 2.45) is 0 Å². The molecule has 14 heavy (non-hydrogen) atoms. The second kappa shape index (κ2) is 12.6. The van der Waals surface area contributed by atoms with E-state index in [-0.39, 0.29) is 0 Å². The van der Waals surface area contributed by atoms with Crippen molar-refractivity contribution in [1.82, 2.24) is 0 Å². The van der Waals surface area contributed by atoms with E-state index in [2.05, 4.69) is 0 Å². The number of carboxylic acid groups (broad SMARTS) is 1. The van der Waals surface area contributed by atoms with Gasteiger partial charge in [-0.1, -0.05) is 0 Å². The van der Waals surface area contributed by atoms with E-state index in [1.807, 2.05) is 20.8 Å². The van der Waals surface area contributed by atoms with Gasteiger partial charge >= 0.3 is 9.53 Å². The molecular weight excluding hydrogens is 204 g/mol. The zero-order valence-electron chi connectivity index (χ0n) is 9.16. The number of aliphatic carboxylic acids is 1. The summed E-state index contributed by atoms with van der Waals surface area (Å²) in [5.41, 5.74) is 0. The highest BCUT2D eigenvalue weighted by molar-refractivity contribution is 6.36. The van der Waals surface area contributed by atoms with Crippen LogP contribution in [0.15, 0.2) is 0 Å². The van der Waals surface area contributed by atoms with Gasteiger partial charge in [0.05, 0.1) is 19.8 Å². The fourth-order valence-electron chi connectivity index (χ4n) is 0.479. The molecule has 0 spiro atoms. The standard InChI is InChI=1S/C6H15O3Si.C2H4O2/c1-4-7-10(8-5-2)9-6-3;1-2(3)4/h4-6H2,1-3H3;1H3,(H,3,4)/q+1;/p-1. The lowest BCUT2D eigenvalue weighted by molar-refractivity contribution is -0.302. The monoisotopic (exact) mass is 222 g/mol. The first-order chi connectivity index (χ1) is 6.58. The summed E-state index contributed by atoms with van der Waals surface area (Å²) in [7, 11) is -1.40. The van der Waals surface area contributed by atoms with E-state index < -0.39 is 15.5 Å². The molecule has 0 bridgehead atoms. The Kier molecular flexibility index (Phi) is 14.4. The Morgan fingerprint density at radius 3 is 1.43 bits per heavy atom. The van der Waals surface area contributed by atoms with Gasteiger partial charge in [-0.25, -0.2) is 0 Å². The molecule has 0 aromatic heterocycles. The minimum Gasteiger partial charge on any atom is -0.550 e. The second-order valence-corrected chi connectivity index (χ2v) is 3.41. The van der Waals surface area contributed by atoms with Crippen LogP contribution in [0.4, 0.5) is 0 Å². The minimum atomic E-state index is -1.40. The SMILES string of the molecule is CC(=O)[O-].CCO[Si+](OCC)OCC. The van der Waals surface area contributed by atoms with Gasteiger partial charge in [0.1, 0.15) is 0 Å². The van der Waals surface area contributed by atoms with Crippen LogP contribution in [-0.4, -0.2) is 35.3 Å². The normalized spacial score (nSPS) is 8.86. The molecule has 0 aromatic rings. The fraction of sp³-hybridized carbons (Fsp3) is 0.875. The summed E-state index contributed by atoms with van der Waals surface area (Å²) in [6.07, 6.45) is 0. The molecule has 0 radical (unpaired) electrons. The molecule has 5 nitrogen and oxygen atoms in total. The zero-order chi connectivity index (χ0) is 11.4. The van der Waals surface area contributed by atoms with Crippen molar-refractivity contribution in [3.05, 3.63) is 0 Å².